The van der Waals surface area contributed by atoms with Gasteiger partial charge in [-0.05, 0) is 35.9 Å². The smallest absolute Gasteiger partial charge is 0.141 e. The maximum absolute atomic E-state index is 6.38. The SMILES string of the molecule is COc1ccc(OC)c(-c2cc(Cl)c3c(c2)CC(CN)O3)c1. The monoisotopic (exact) mass is 319 g/mol. The second kappa shape index (κ2) is 6.07. The first-order valence-corrected chi connectivity index (χ1v) is 7.45. The molecule has 1 atom stereocenters. The minimum Gasteiger partial charge on any atom is -0.497 e. The molecule has 2 N–H and O–H groups in total. The molecule has 2 aromatic rings. The molecule has 0 amide bonds. The second-order valence-corrected chi connectivity index (χ2v) is 5.60. The highest BCUT2D eigenvalue weighted by Gasteiger charge is 2.25. The van der Waals surface area contributed by atoms with Crippen LogP contribution in [0.15, 0.2) is 30.3 Å². The molecule has 0 aromatic heterocycles. The first-order valence-electron chi connectivity index (χ1n) is 7.07. The van der Waals surface area contributed by atoms with Crippen LogP contribution < -0.4 is 19.9 Å². The fourth-order valence-electron chi connectivity index (χ4n) is 2.71. The molecule has 22 heavy (non-hydrogen) atoms. The minimum atomic E-state index is -0.00467. The van der Waals surface area contributed by atoms with E-state index >= 15 is 0 Å². The van der Waals surface area contributed by atoms with Crippen LogP contribution >= 0.6 is 11.6 Å². The molecular formula is C17H18ClNO3. The maximum atomic E-state index is 6.38. The molecule has 0 aliphatic carbocycles. The van der Waals surface area contributed by atoms with E-state index in [1.165, 1.54) is 0 Å². The highest BCUT2D eigenvalue weighted by molar-refractivity contribution is 6.32. The van der Waals surface area contributed by atoms with Crippen molar-refractivity contribution in [1.29, 1.82) is 0 Å². The summed E-state index contributed by atoms with van der Waals surface area (Å²) in [6.45, 7) is 0.475. The molecule has 0 saturated carbocycles. The molecule has 1 unspecified atom stereocenters. The summed E-state index contributed by atoms with van der Waals surface area (Å²) in [5, 5.41) is 0.591. The van der Waals surface area contributed by atoms with Crippen molar-refractivity contribution in [3.05, 3.63) is 40.9 Å². The Labute approximate surface area is 134 Å². The summed E-state index contributed by atoms with van der Waals surface area (Å²) >= 11 is 6.38. The number of rotatable bonds is 4. The fraction of sp³-hybridized carbons (Fsp3) is 0.294. The van der Waals surface area contributed by atoms with E-state index in [2.05, 4.69) is 6.07 Å². The van der Waals surface area contributed by atoms with Crippen LogP contribution in [0.2, 0.25) is 5.02 Å². The molecule has 1 heterocycles. The highest BCUT2D eigenvalue weighted by Crippen LogP contribution is 2.42. The third kappa shape index (κ3) is 2.60. The van der Waals surface area contributed by atoms with Gasteiger partial charge in [0.2, 0.25) is 0 Å². The van der Waals surface area contributed by atoms with E-state index in [9.17, 15) is 0 Å². The van der Waals surface area contributed by atoms with Crippen LogP contribution in [-0.2, 0) is 6.42 Å². The van der Waals surface area contributed by atoms with Crippen molar-refractivity contribution < 1.29 is 14.2 Å². The van der Waals surface area contributed by atoms with E-state index in [1.54, 1.807) is 14.2 Å². The summed E-state index contributed by atoms with van der Waals surface area (Å²) in [5.74, 6) is 2.28. The standard InChI is InChI=1S/C17H18ClNO3/c1-20-12-3-4-16(21-2)14(8-12)10-5-11-6-13(9-19)22-17(11)15(18)7-10/h3-5,7-8,13H,6,9,19H2,1-2H3. The number of nitrogens with two attached hydrogens (primary N) is 1. The average Bonchev–Trinajstić information content (AvgIpc) is 2.98. The molecule has 3 rings (SSSR count). The third-order valence-electron chi connectivity index (χ3n) is 3.83. The van der Waals surface area contributed by atoms with Gasteiger partial charge in [0, 0.05) is 24.1 Å². The quantitative estimate of drug-likeness (QED) is 0.939. The molecule has 5 heteroatoms. The Morgan fingerprint density at radius 3 is 2.73 bits per heavy atom. The van der Waals surface area contributed by atoms with Crippen molar-refractivity contribution in [1.82, 2.24) is 0 Å². The van der Waals surface area contributed by atoms with Gasteiger partial charge in [0.15, 0.2) is 0 Å². The van der Waals surface area contributed by atoms with Crippen LogP contribution in [0.5, 0.6) is 17.2 Å². The van der Waals surface area contributed by atoms with Gasteiger partial charge >= 0.3 is 0 Å². The first kappa shape index (κ1) is 15.0. The lowest BCUT2D eigenvalue weighted by molar-refractivity contribution is 0.241. The fourth-order valence-corrected chi connectivity index (χ4v) is 3.00. The molecule has 4 nitrogen and oxygen atoms in total. The minimum absolute atomic E-state index is 0.00467. The van der Waals surface area contributed by atoms with Crippen LogP contribution in [0.3, 0.4) is 0 Å². The zero-order valence-electron chi connectivity index (χ0n) is 12.6. The zero-order chi connectivity index (χ0) is 15.7. The van der Waals surface area contributed by atoms with E-state index in [-0.39, 0.29) is 6.10 Å². The number of fused-ring (bicyclic) bond motifs is 1. The van der Waals surface area contributed by atoms with E-state index < -0.39 is 0 Å². The molecule has 1 aliphatic rings. The van der Waals surface area contributed by atoms with Crippen molar-refractivity contribution in [3.8, 4) is 28.4 Å². The Morgan fingerprint density at radius 1 is 1.23 bits per heavy atom. The second-order valence-electron chi connectivity index (χ2n) is 5.19. The lowest BCUT2D eigenvalue weighted by atomic mass is 10.00. The van der Waals surface area contributed by atoms with Gasteiger partial charge in [-0.1, -0.05) is 11.6 Å². The van der Waals surface area contributed by atoms with E-state index in [1.807, 2.05) is 24.3 Å². The van der Waals surface area contributed by atoms with Crippen molar-refractivity contribution in [2.75, 3.05) is 20.8 Å². The van der Waals surface area contributed by atoms with Crippen molar-refractivity contribution >= 4 is 11.6 Å². The number of benzene rings is 2. The van der Waals surface area contributed by atoms with Gasteiger partial charge in [-0.3, -0.25) is 0 Å². The van der Waals surface area contributed by atoms with Gasteiger partial charge in [0.05, 0.1) is 19.2 Å². The Balaban J connectivity index is 2.09. The van der Waals surface area contributed by atoms with Crippen molar-refractivity contribution in [3.63, 3.8) is 0 Å². The number of methoxy groups -OCH3 is 2. The van der Waals surface area contributed by atoms with Crippen LogP contribution in [0.25, 0.3) is 11.1 Å². The summed E-state index contributed by atoms with van der Waals surface area (Å²) in [4.78, 5) is 0. The summed E-state index contributed by atoms with van der Waals surface area (Å²) in [7, 11) is 3.29. The van der Waals surface area contributed by atoms with Crippen LogP contribution in [0.1, 0.15) is 5.56 Å². The molecule has 116 valence electrons. The van der Waals surface area contributed by atoms with Gasteiger partial charge in [-0.25, -0.2) is 0 Å². The lowest BCUT2D eigenvalue weighted by Crippen LogP contribution is -2.24. The Morgan fingerprint density at radius 2 is 2.05 bits per heavy atom. The number of ether oxygens (including phenoxy) is 3. The normalized spacial score (nSPS) is 16.1. The Bertz CT molecular complexity index is 703. The molecule has 0 saturated heterocycles. The predicted molar refractivity (Wildman–Crippen MR) is 87.2 cm³/mol. The number of halogens is 1. The zero-order valence-corrected chi connectivity index (χ0v) is 13.3. The molecule has 1 aliphatic heterocycles. The van der Waals surface area contributed by atoms with Crippen LogP contribution in [-0.4, -0.2) is 26.9 Å². The molecule has 0 fully saturated rings. The summed E-state index contributed by atoms with van der Waals surface area (Å²) in [5.41, 5.74) is 8.67. The van der Waals surface area contributed by atoms with E-state index in [0.29, 0.717) is 11.6 Å². The molecule has 2 aromatic carbocycles. The number of hydrogen-bond acceptors (Lipinski definition) is 4. The van der Waals surface area contributed by atoms with Gasteiger partial charge in [-0.2, -0.15) is 0 Å². The summed E-state index contributed by atoms with van der Waals surface area (Å²) < 4.78 is 16.5. The molecule has 0 bridgehead atoms. The lowest BCUT2D eigenvalue weighted by Gasteiger charge is -2.12. The predicted octanol–water partition coefficient (Wildman–Crippen LogP) is 3.29. The van der Waals surface area contributed by atoms with Crippen molar-refractivity contribution in [2.45, 2.75) is 12.5 Å². The van der Waals surface area contributed by atoms with Crippen molar-refractivity contribution in [2.24, 2.45) is 5.73 Å². The topological polar surface area (TPSA) is 53.7 Å². The third-order valence-corrected chi connectivity index (χ3v) is 4.11. The van der Waals surface area contributed by atoms with Gasteiger partial charge in [0.25, 0.3) is 0 Å². The van der Waals surface area contributed by atoms with Crippen LogP contribution in [0, 0.1) is 0 Å². The largest absolute Gasteiger partial charge is 0.497 e. The number of hydrogen-bond donors (Lipinski definition) is 1. The highest BCUT2D eigenvalue weighted by atomic mass is 35.5. The van der Waals surface area contributed by atoms with E-state index in [4.69, 9.17) is 31.5 Å². The van der Waals surface area contributed by atoms with E-state index in [0.717, 1.165) is 40.4 Å². The molecule has 0 spiro atoms. The maximum Gasteiger partial charge on any atom is 0.141 e. The van der Waals surface area contributed by atoms with Gasteiger partial charge in [0.1, 0.15) is 23.4 Å². The Kier molecular flexibility index (Phi) is 4.14. The van der Waals surface area contributed by atoms with Gasteiger partial charge < -0.3 is 19.9 Å². The summed E-state index contributed by atoms with van der Waals surface area (Å²) in [6, 6.07) is 9.65. The van der Waals surface area contributed by atoms with Crippen LogP contribution in [0.4, 0.5) is 0 Å². The average molecular weight is 320 g/mol. The molecular weight excluding hydrogens is 302 g/mol. The van der Waals surface area contributed by atoms with Gasteiger partial charge in [-0.15, -0.1) is 0 Å². The first-order chi connectivity index (χ1) is 10.7. The molecule has 0 radical (unpaired) electrons. The Hall–Kier alpha value is -1.91. The summed E-state index contributed by atoms with van der Waals surface area (Å²) in [6.07, 6.45) is 0.765.